The number of anilines is 2. The van der Waals surface area contributed by atoms with E-state index >= 15 is 0 Å². The van der Waals surface area contributed by atoms with Gasteiger partial charge in [-0.05, 0) is 30.2 Å². The minimum atomic E-state index is -3.41. The molecule has 6 nitrogen and oxygen atoms in total. The molecular formula is C20H24N2O4S. The van der Waals surface area contributed by atoms with Gasteiger partial charge in [0.15, 0.2) is 9.84 Å². The van der Waals surface area contributed by atoms with Crippen LogP contribution in [0, 0.1) is 0 Å². The van der Waals surface area contributed by atoms with E-state index in [-0.39, 0.29) is 18.1 Å². The van der Waals surface area contributed by atoms with Crippen LogP contribution in [0.5, 0.6) is 0 Å². The van der Waals surface area contributed by atoms with Crippen LogP contribution in [0.25, 0.3) is 0 Å². The quantitative estimate of drug-likeness (QED) is 0.691. The topological polar surface area (TPSA) is 92.3 Å². The van der Waals surface area contributed by atoms with Crippen molar-refractivity contribution in [3.8, 4) is 0 Å². The van der Waals surface area contributed by atoms with Gasteiger partial charge in [0.2, 0.25) is 11.8 Å². The Morgan fingerprint density at radius 3 is 2.15 bits per heavy atom. The van der Waals surface area contributed by atoms with Crippen LogP contribution in [0.3, 0.4) is 0 Å². The summed E-state index contributed by atoms with van der Waals surface area (Å²) in [5.74, 6) is -1.30. The summed E-state index contributed by atoms with van der Waals surface area (Å²) in [7, 11) is -3.41. The van der Waals surface area contributed by atoms with Crippen LogP contribution >= 0.6 is 0 Å². The lowest BCUT2D eigenvalue weighted by atomic mass is 10.1. The van der Waals surface area contributed by atoms with Gasteiger partial charge in [-0.1, -0.05) is 49.7 Å². The molecule has 27 heavy (non-hydrogen) atoms. The third kappa shape index (κ3) is 7.62. The second-order valence-corrected chi connectivity index (χ2v) is 8.47. The molecule has 0 spiro atoms. The molecule has 0 aromatic heterocycles. The molecule has 0 aliphatic rings. The van der Waals surface area contributed by atoms with Crippen molar-refractivity contribution in [2.24, 2.45) is 0 Å². The van der Waals surface area contributed by atoms with Crippen molar-refractivity contribution in [2.45, 2.75) is 26.2 Å². The van der Waals surface area contributed by atoms with Gasteiger partial charge >= 0.3 is 0 Å². The van der Waals surface area contributed by atoms with E-state index in [1.165, 1.54) is 0 Å². The number of hydrogen-bond acceptors (Lipinski definition) is 4. The fourth-order valence-electron chi connectivity index (χ4n) is 2.49. The molecule has 0 atom stereocenters. The van der Waals surface area contributed by atoms with Gasteiger partial charge in [-0.3, -0.25) is 9.59 Å². The zero-order chi connectivity index (χ0) is 19.7. The molecule has 0 bridgehead atoms. The number of sulfone groups is 1. The summed E-state index contributed by atoms with van der Waals surface area (Å²) < 4.78 is 23.7. The number of rotatable bonds is 9. The van der Waals surface area contributed by atoms with E-state index in [9.17, 15) is 18.0 Å². The molecule has 7 heteroatoms. The van der Waals surface area contributed by atoms with Gasteiger partial charge in [0.05, 0.1) is 12.2 Å². The maximum Gasteiger partial charge on any atom is 0.239 e. The molecule has 0 fully saturated rings. The summed E-state index contributed by atoms with van der Waals surface area (Å²) in [6.07, 6.45) is 1.54. The molecule has 0 saturated carbocycles. The Morgan fingerprint density at radius 1 is 0.889 bits per heavy atom. The number of carbonyl (C=O) groups is 2. The monoisotopic (exact) mass is 388 g/mol. The van der Waals surface area contributed by atoms with E-state index in [0.717, 1.165) is 12.0 Å². The van der Waals surface area contributed by atoms with Crippen LogP contribution < -0.4 is 10.6 Å². The van der Waals surface area contributed by atoms with E-state index in [2.05, 4.69) is 10.6 Å². The Labute approximate surface area is 159 Å². The SMILES string of the molecule is CCCCS(=O)(=O)CC(=O)Nc1cccc(NC(=O)Cc2ccccc2)c1. The Hall–Kier alpha value is -2.67. The van der Waals surface area contributed by atoms with E-state index < -0.39 is 21.5 Å². The maximum atomic E-state index is 12.1. The number of unbranched alkanes of at least 4 members (excludes halogenated alkanes) is 1. The largest absolute Gasteiger partial charge is 0.326 e. The van der Waals surface area contributed by atoms with Gasteiger partial charge in [0, 0.05) is 11.4 Å². The molecule has 0 aliphatic carbocycles. The standard InChI is InChI=1S/C20H24N2O4S/c1-2-3-12-27(25,26)15-20(24)22-18-11-7-10-17(14-18)21-19(23)13-16-8-5-4-6-9-16/h4-11,14H,2-3,12-13,15H2,1H3,(H,21,23)(H,22,24). The van der Waals surface area contributed by atoms with Gasteiger partial charge in [-0.15, -0.1) is 0 Å². The number of hydrogen-bond donors (Lipinski definition) is 2. The lowest BCUT2D eigenvalue weighted by Gasteiger charge is -2.09. The lowest BCUT2D eigenvalue weighted by molar-refractivity contribution is -0.115. The predicted octanol–water partition coefficient (Wildman–Crippen LogP) is 3.02. The Balaban J connectivity index is 1.92. The molecule has 144 valence electrons. The molecule has 2 rings (SSSR count). The molecule has 0 radical (unpaired) electrons. The van der Waals surface area contributed by atoms with Crippen molar-refractivity contribution >= 4 is 33.0 Å². The van der Waals surface area contributed by atoms with E-state index in [1.807, 2.05) is 37.3 Å². The van der Waals surface area contributed by atoms with Crippen molar-refractivity contribution in [3.05, 3.63) is 60.2 Å². The molecule has 2 N–H and O–H groups in total. The normalized spacial score (nSPS) is 11.0. The Morgan fingerprint density at radius 2 is 1.52 bits per heavy atom. The molecule has 2 amide bonds. The first kappa shape index (κ1) is 20.6. The number of benzene rings is 2. The Bertz CT molecular complexity index is 880. The molecule has 0 saturated heterocycles. The molecule has 0 aliphatic heterocycles. The van der Waals surface area contributed by atoms with Crippen molar-refractivity contribution in [2.75, 3.05) is 22.1 Å². The summed E-state index contributed by atoms with van der Waals surface area (Å²) in [4.78, 5) is 24.1. The first-order valence-corrected chi connectivity index (χ1v) is 10.6. The van der Waals surface area contributed by atoms with Gasteiger partial charge in [-0.2, -0.15) is 0 Å². The van der Waals surface area contributed by atoms with Crippen LogP contribution in [-0.4, -0.2) is 31.7 Å². The fraction of sp³-hybridized carbons (Fsp3) is 0.300. The second-order valence-electron chi connectivity index (χ2n) is 6.29. The molecular weight excluding hydrogens is 364 g/mol. The van der Waals surface area contributed by atoms with Gasteiger partial charge in [-0.25, -0.2) is 8.42 Å². The summed E-state index contributed by atoms with van der Waals surface area (Å²) in [6, 6.07) is 16.0. The van der Waals surface area contributed by atoms with Gasteiger partial charge in [0.1, 0.15) is 5.75 Å². The lowest BCUT2D eigenvalue weighted by Crippen LogP contribution is -2.24. The van der Waals surface area contributed by atoms with Crippen molar-refractivity contribution in [1.82, 2.24) is 0 Å². The third-order valence-corrected chi connectivity index (χ3v) is 5.41. The van der Waals surface area contributed by atoms with Crippen LogP contribution in [0.1, 0.15) is 25.3 Å². The highest BCUT2D eigenvalue weighted by molar-refractivity contribution is 7.92. The van der Waals surface area contributed by atoms with Crippen LogP contribution in [0.2, 0.25) is 0 Å². The summed E-state index contributed by atoms with van der Waals surface area (Å²) in [5.41, 5.74) is 1.86. The highest BCUT2D eigenvalue weighted by Crippen LogP contribution is 2.16. The smallest absolute Gasteiger partial charge is 0.239 e. The average Bonchev–Trinajstić information content (AvgIpc) is 2.60. The van der Waals surface area contributed by atoms with Crippen molar-refractivity contribution in [3.63, 3.8) is 0 Å². The van der Waals surface area contributed by atoms with E-state index in [0.29, 0.717) is 17.8 Å². The fourth-order valence-corrected chi connectivity index (χ4v) is 3.84. The molecule has 0 unspecified atom stereocenters. The number of carbonyl (C=O) groups excluding carboxylic acids is 2. The maximum absolute atomic E-state index is 12.1. The highest BCUT2D eigenvalue weighted by Gasteiger charge is 2.16. The first-order valence-electron chi connectivity index (χ1n) is 8.82. The summed E-state index contributed by atoms with van der Waals surface area (Å²) in [6.45, 7) is 1.90. The van der Waals surface area contributed by atoms with E-state index in [1.54, 1.807) is 24.3 Å². The zero-order valence-corrected chi connectivity index (χ0v) is 16.1. The average molecular weight is 388 g/mol. The van der Waals surface area contributed by atoms with Gasteiger partial charge < -0.3 is 10.6 Å². The van der Waals surface area contributed by atoms with Crippen molar-refractivity contribution in [1.29, 1.82) is 0 Å². The molecule has 2 aromatic rings. The minimum absolute atomic E-state index is 0.00645. The molecule has 0 heterocycles. The first-order chi connectivity index (χ1) is 12.9. The Kier molecular flexibility index (Phi) is 7.55. The van der Waals surface area contributed by atoms with Crippen LogP contribution in [-0.2, 0) is 25.8 Å². The number of nitrogens with one attached hydrogen (secondary N) is 2. The van der Waals surface area contributed by atoms with Crippen molar-refractivity contribution < 1.29 is 18.0 Å². The van der Waals surface area contributed by atoms with Crippen LogP contribution in [0.15, 0.2) is 54.6 Å². The minimum Gasteiger partial charge on any atom is -0.326 e. The van der Waals surface area contributed by atoms with Gasteiger partial charge in [0.25, 0.3) is 0 Å². The summed E-state index contributed by atoms with van der Waals surface area (Å²) in [5, 5.41) is 5.34. The summed E-state index contributed by atoms with van der Waals surface area (Å²) >= 11 is 0. The van der Waals surface area contributed by atoms with Crippen LogP contribution in [0.4, 0.5) is 11.4 Å². The second kappa shape index (κ2) is 9.87. The third-order valence-electron chi connectivity index (χ3n) is 3.80. The molecule has 2 aromatic carbocycles. The highest BCUT2D eigenvalue weighted by atomic mass is 32.2. The van der Waals surface area contributed by atoms with E-state index in [4.69, 9.17) is 0 Å². The zero-order valence-electron chi connectivity index (χ0n) is 15.3. The number of amides is 2. The predicted molar refractivity (Wildman–Crippen MR) is 107 cm³/mol.